The van der Waals surface area contributed by atoms with Gasteiger partial charge in [0.15, 0.2) is 6.61 Å². The highest BCUT2D eigenvalue weighted by Crippen LogP contribution is 2.20. The monoisotopic (exact) mass is 407 g/mol. The third-order valence-electron chi connectivity index (χ3n) is 3.28. The second-order valence-electron chi connectivity index (χ2n) is 5.55. The minimum atomic E-state index is -3.45. The average Bonchev–Trinajstić information content (AvgIpc) is 3.07. The quantitative estimate of drug-likeness (QED) is 0.624. The van der Waals surface area contributed by atoms with Gasteiger partial charge in [-0.05, 0) is 30.3 Å². The zero-order valence-corrected chi connectivity index (χ0v) is 15.6. The summed E-state index contributed by atoms with van der Waals surface area (Å²) in [5.41, 5.74) is 1.11. The van der Waals surface area contributed by atoms with Crippen LogP contribution in [-0.2, 0) is 21.4 Å². The van der Waals surface area contributed by atoms with E-state index in [1.807, 2.05) is 0 Å². The van der Waals surface area contributed by atoms with Crippen molar-refractivity contribution in [3.05, 3.63) is 65.0 Å². The van der Waals surface area contributed by atoms with E-state index in [2.05, 4.69) is 14.9 Å². The van der Waals surface area contributed by atoms with Crippen LogP contribution < -0.4 is 4.72 Å². The smallest absolute Gasteiger partial charge is 0.338 e. The van der Waals surface area contributed by atoms with Crippen LogP contribution in [0.5, 0.6) is 0 Å². The van der Waals surface area contributed by atoms with Gasteiger partial charge in [-0.15, -0.1) is 0 Å². The maximum atomic E-state index is 12.2. The van der Waals surface area contributed by atoms with Gasteiger partial charge in [-0.25, -0.2) is 13.2 Å². The molecule has 10 heteroatoms. The second kappa shape index (κ2) is 7.77. The number of carbonyl (C=O) groups is 1. The summed E-state index contributed by atoms with van der Waals surface area (Å²) in [5, 5.41) is 4.35. The molecule has 0 spiro atoms. The lowest BCUT2D eigenvalue weighted by Crippen LogP contribution is -2.11. The van der Waals surface area contributed by atoms with Gasteiger partial charge in [-0.1, -0.05) is 35.0 Å². The van der Waals surface area contributed by atoms with Crippen LogP contribution in [0.4, 0.5) is 5.69 Å². The van der Waals surface area contributed by atoms with Gasteiger partial charge in [0.1, 0.15) is 0 Å². The van der Waals surface area contributed by atoms with Crippen molar-refractivity contribution in [1.82, 2.24) is 10.1 Å². The summed E-state index contributed by atoms with van der Waals surface area (Å²) in [6, 6.07) is 12.9. The van der Waals surface area contributed by atoms with Gasteiger partial charge in [0, 0.05) is 16.3 Å². The molecule has 0 amide bonds. The first kappa shape index (κ1) is 18.9. The van der Waals surface area contributed by atoms with Crippen molar-refractivity contribution in [1.29, 1.82) is 0 Å². The number of sulfonamides is 1. The van der Waals surface area contributed by atoms with Crippen LogP contribution in [0.2, 0.25) is 5.02 Å². The van der Waals surface area contributed by atoms with Crippen molar-refractivity contribution in [2.45, 2.75) is 6.61 Å². The van der Waals surface area contributed by atoms with Crippen molar-refractivity contribution in [2.24, 2.45) is 0 Å². The molecule has 3 aromatic rings. The number of carbonyl (C=O) groups excluding carboxylic acids is 1. The Balaban J connectivity index is 1.65. The zero-order chi connectivity index (χ0) is 19.4. The first-order valence-corrected chi connectivity index (χ1v) is 9.90. The Morgan fingerprint density at radius 1 is 1.22 bits per heavy atom. The summed E-state index contributed by atoms with van der Waals surface area (Å²) in [6.45, 7) is -0.226. The largest absolute Gasteiger partial charge is 0.452 e. The van der Waals surface area contributed by atoms with Crippen LogP contribution in [0, 0.1) is 0 Å². The normalized spacial score (nSPS) is 11.2. The first-order chi connectivity index (χ1) is 12.8. The number of benzene rings is 2. The fraction of sp³-hybridized carbons (Fsp3) is 0.118. The molecule has 0 saturated heterocycles. The number of rotatable bonds is 6. The van der Waals surface area contributed by atoms with E-state index in [4.69, 9.17) is 20.9 Å². The van der Waals surface area contributed by atoms with E-state index >= 15 is 0 Å². The highest BCUT2D eigenvalue weighted by atomic mass is 35.5. The molecular formula is C17H14ClN3O5S. The minimum Gasteiger partial charge on any atom is -0.452 e. The molecule has 0 radical (unpaired) electrons. The molecule has 1 N–H and O–H groups in total. The molecular weight excluding hydrogens is 394 g/mol. The van der Waals surface area contributed by atoms with Gasteiger partial charge in [-0.2, -0.15) is 4.98 Å². The molecule has 1 heterocycles. The van der Waals surface area contributed by atoms with Gasteiger partial charge in [-0.3, -0.25) is 4.72 Å². The molecule has 0 bridgehead atoms. The van der Waals surface area contributed by atoms with Crippen LogP contribution in [0.15, 0.2) is 53.1 Å². The van der Waals surface area contributed by atoms with Crippen molar-refractivity contribution in [3.63, 3.8) is 0 Å². The zero-order valence-electron chi connectivity index (χ0n) is 14.0. The van der Waals surface area contributed by atoms with Gasteiger partial charge in [0.2, 0.25) is 15.8 Å². The van der Waals surface area contributed by atoms with Crippen LogP contribution in [-0.4, -0.2) is 30.8 Å². The molecule has 0 aliphatic carbocycles. The highest BCUT2D eigenvalue weighted by Gasteiger charge is 2.14. The van der Waals surface area contributed by atoms with Crippen LogP contribution in [0.3, 0.4) is 0 Å². The summed E-state index contributed by atoms with van der Waals surface area (Å²) in [7, 11) is -3.45. The number of nitrogens with zero attached hydrogens (tertiary/aromatic N) is 2. The van der Waals surface area contributed by atoms with E-state index in [1.54, 1.807) is 24.3 Å². The Hall–Kier alpha value is -2.91. The third-order valence-corrected chi connectivity index (χ3v) is 4.12. The minimum absolute atomic E-state index is 0.115. The van der Waals surface area contributed by atoms with Crippen molar-refractivity contribution >= 4 is 33.3 Å². The van der Waals surface area contributed by atoms with Crippen LogP contribution >= 0.6 is 11.6 Å². The number of anilines is 1. The fourth-order valence-corrected chi connectivity index (χ4v) is 2.94. The third kappa shape index (κ3) is 5.28. The number of hydrogen-bond acceptors (Lipinski definition) is 7. The summed E-state index contributed by atoms with van der Waals surface area (Å²) < 4.78 is 35.0. The Morgan fingerprint density at radius 3 is 2.74 bits per heavy atom. The molecule has 0 aliphatic rings. The Morgan fingerprint density at radius 2 is 2.00 bits per heavy atom. The Bertz CT molecular complexity index is 1080. The van der Waals surface area contributed by atoms with Crippen LogP contribution in [0.1, 0.15) is 16.2 Å². The van der Waals surface area contributed by atoms with Crippen molar-refractivity contribution < 1.29 is 22.5 Å². The molecule has 1 aromatic heterocycles. The maximum absolute atomic E-state index is 12.2. The summed E-state index contributed by atoms with van der Waals surface area (Å²) in [5.74, 6) is -0.221. The van der Waals surface area contributed by atoms with Gasteiger partial charge < -0.3 is 9.26 Å². The SMILES string of the molecule is CS(=O)(=O)Nc1cccc(C(=O)OCc2nc(-c3cccc(Cl)c3)no2)c1. The van der Waals surface area contributed by atoms with Gasteiger partial charge in [0.05, 0.1) is 11.8 Å². The topological polar surface area (TPSA) is 111 Å². The number of aromatic nitrogens is 2. The van der Waals surface area contributed by atoms with Crippen molar-refractivity contribution in [3.8, 4) is 11.4 Å². The van der Waals surface area contributed by atoms with E-state index in [0.717, 1.165) is 6.26 Å². The Labute approximate surface area is 160 Å². The van der Waals surface area contributed by atoms with E-state index in [9.17, 15) is 13.2 Å². The highest BCUT2D eigenvalue weighted by molar-refractivity contribution is 7.92. The fourth-order valence-electron chi connectivity index (χ4n) is 2.19. The molecule has 8 nitrogen and oxygen atoms in total. The lowest BCUT2D eigenvalue weighted by molar-refractivity contribution is 0.0430. The molecule has 0 aliphatic heterocycles. The van der Waals surface area contributed by atoms with E-state index in [0.29, 0.717) is 16.4 Å². The molecule has 0 fully saturated rings. The molecule has 0 atom stereocenters. The average molecular weight is 408 g/mol. The van der Waals surface area contributed by atoms with E-state index in [1.165, 1.54) is 24.3 Å². The first-order valence-electron chi connectivity index (χ1n) is 7.64. The summed E-state index contributed by atoms with van der Waals surface area (Å²) >= 11 is 5.93. The summed E-state index contributed by atoms with van der Waals surface area (Å²) in [4.78, 5) is 16.3. The number of ether oxygens (including phenoxy) is 1. The summed E-state index contributed by atoms with van der Waals surface area (Å²) in [6.07, 6.45) is 1.02. The van der Waals surface area contributed by atoms with Crippen molar-refractivity contribution in [2.75, 3.05) is 11.0 Å². The predicted octanol–water partition coefficient (Wildman–Crippen LogP) is 3.12. The number of hydrogen-bond donors (Lipinski definition) is 1. The molecule has 2 aromatic carbocycles. The molecule has 0 unspecified atom stereocenters. The predicted molar refractivity (Wildman–Crippen MR) is 98.8 cm³/mol. The number of halogens is 1. The lowest BCUT2D eigenvalue weighted by atomic mass is 10.2. The second-order valence-corrected chi connectivity index (χ2v) is 7.74. The standard InChI is InChI=1S/C17H14ClN3O5S/c1-27(23,24)21-14-7-3-5-12(9-14)17(22)25-10-15-19-16(20-26-15)11-4-2-6-13(18)8-11/h2-9,21H,10H2,1H3. The molecule has 3 rings (SSSR count). The van der Waals surface area contributed by atoms with Gasteiger partial charge in [0.25, 0.3) is 5.89 Å². The molecule has 0 saturated carbocycles. The maximum Gasteiger partial charge on any atom is 0.338 e. The van der Waals surface area contributed by atoms with E-state index in [-0.39, 0.29) is 23.7 Å². The van der Waals surface area contributed by atoms with Gasteiger partial charge >= 0.3 is 5.97 Å². The lowest BCUT2D eigenvalue weighted by Gasteiger charge is -2.06. The number of esters is 1. The van der Waals surface area contributed by atoms with Crippen LogP contribution in [0.25, 0.3) is 11.4 Å². The van der Waals surface area contributed by atoms with E-state index < -0.39 is 16.0 Å². The molecule has 27 heavy (non-hydrogen) atoms. The number of nitrogens with one attached hydrogen (secondary N) is 1. The Kier molecular flexibility index (Phi) is 5.43. The molecule has 140 valence electrons.